The number of pyridine rings is 1. The van der Waals surface area contributed by atoms with Crippen molar-refractivity contribution in [3.05, 3.63) is 40.3 Å². The smallest absolute Gasteiger partial charge is 0.186 e. The van der Waals surface area contributed by atoms with Gasteiger partial charge in [0.1, 0.15) is 0 Å². The Hall–Kier alpha value is -1.92. The standard InChI is InChI=1S/C19H27N5O/c1-22-12-15(18(25)11-17(22)16-5-8-21-23(16)2)13-24-10-9-20-14-19(24)6-3-4-7-19/h5,8,11-12,20H,3-4,6-7,9-10,13-14H2,1-2H3. The Morgan fingerprint density at radius 1 is 1.24 bits per heavy atom. The SMILES string of the molecule is Cn1cc(CN2CCNCC23CCCC3)c(=O)cc1-c1ccnn1C. The molecule has 2 fully saturated rings. The molecule has 1 saturated carbocycles. The Morgan fingerprint density at radius 2 is 2.04 bits per heavy atom. The molecule has 1 aliphatic carbocycles. The number of piperazine rings is 1. The fourth-order valence-electron chi connectivity index (χ4n) is 4.55. The molecular weight excluding hydrogens is 314 g/mol. The van der Waals surface area contributed by atoms with Gasteiger partial charge in [0.05, 0.1) is 11.4 Å². The van der Waals surface area contributed by atoms with Crippen molar-refractivity contribution in [1.29, 1.82) is 0 Å². The lowest BCUT2D eigenvalue weighted by Crippen LogP contribution is -2.59. The Kier molecular flexibility index (Phi) is 4.25. The van der Waals surface area contributed by atoms with Crippen molar-refractivity contribution in [3.8, 4) is 11.4 Å². The first kappa shape index (κ1) is 16.5. The van der Waals surface area contributed by atoms with Crippen LogP contribution in [-0.4, -0.2) is 44.4 Å². The molecule has 0 bridgehead atoms. The van der Waals surface area contributed by atoms with E-state index in [4.69, 9.17) is 0 Å². The van der Waals surface area contributed by atoms with Crippen molar-refractivity contribution in [2.75, 3.05) is 19.6 Å². The Balaban J connectivity index is 1.64. The quantitative estimate of drug-likeness (QED) is 0.919. The summed E-state index contributed by atoms with van der Waals surface area (Å²) in [7, 11) is 3.91. The van der Waals surface area contributed by atoms with Gasteiger partial charge >= 0.3 is 0 Å². The maximum Gasteiger partial charge on any atom is 0.186 e. The first-order chi connectivity index (χ1) is 12.1. The van der Waals surface area contributed by atoms with Crippen molar-refractivity contribution < 1.29 is 0 Å². The van der Waals surface area contributed by atoms with Gasteiger partial charge in [0.15, 0.2) is 5.43 Å². The van der Waals surface area contributed by atoms with Gasteiger partial charge < -0.3 is 9.88 Å². The molecule has 3 heterocycles. The Morgan fingerprint density at radius 3 is 2.76 bits per heavy atom. The summed E-state index contributed by atoms with van der Waals surface area (Å²) >= 11 is 0. The molecule has 1 aliphatic heterocycles. The highest BCUT2D eigenvalue weighted by molar-refractivity contribution is 5.55. The zero-order valence-electron chi connectivity index (χ0n) is 15.2. The minimum atomic E-state index is 0.126. The first-order valence-corrected chi connectivity index (χ1v) is 9.23. The zero-order valence-corrected chi connectivity index (χ0v) is 15.2. The number of aromatic nitrogens is 3. The number of aryl methyl sites for hydroxylation is 2. The van der Waals surface area contributed by atoms with Gasteiger partial charge in [-0.25, -0.2) is 0 Å². The highest BCUT2D eigenvalue weighted by Crippen LogP contribution is 2.36. The van der Waals surface area contributed by atoms with Crippen molar-refractivity contribution >= 4 is 0 Å². The van der Waals surface area contributed by atoms with Crippen LogP contribution in [0, 0.1) is 0 Å². The summed E-state index contributed by atoms with van der Waals surface area (Å²) in [5, 5.41) is 7.77. The van der Waals surface area contributed by atoms with E-state index in [1.807, 2.05) is 26.4 Å². The van der Waals surface area contributed by atoms with E-state index in [1.165, 1.54) is 25.7 Å². The Labute approximate surface area is 148 Å². The molecule has 2 aliphatic rings. The van der Waals surface area contributed by atoms with E-state index in [2.05, 4.69) is 19.9 Å². The summed E-state index contributed by atoms with van der Waals surface area (Å²) in [5.74, 6) is 0. The van der Waals surface area contributed by atoms with Crippen molar-refractivity contribution in [2.24, 2.45) is 14.1 Å². The number of hydrogen-bond acceptors (Lipinski definition) is 4. The van der Waals surface area contributed by atoms with E-state index < -0.39 is 0 Å². The second kappa shape index (κ2) is 6.42. The number of nitrogens with zero attached hydrogens (tertiary/aromatic N) is 4. The second-order valence-electron chi connectivity index (χ2n) is 7.53. The molecule has 134 valence electrons. The molecule has 4 rings (SSSR count). The molecule has 0 radical (unpaired) electrons. The van der Waals surface area contributed by atoms with E-state index in [0.29, 0.717) is 0 Å². The predicted octanol–water partition coefficient (Wildman–Crippen LogP) is 1.50. The van der Waals surface area contributed by atoms with Crippen molar-refractivity contribution in [2.45, 2.75) is 37.8 Å². The maximum atomic E-state index is 12.8. The molecule has 0 atom stereocenters. The molecule has 1 N–H and O–H groups in total. The normalized spacial score (nSPS) is 20.4. The molecule has 2 aromatic heterocycles. The molecule has 0 amide bonds. The summed E-state index contributed by atoms with van der Waals surface area (Å²) in [5.41, 5.74) is 3.14. The highest BCUT2D eigenvalue weighted by Gasteiger charge is 2.41. The lowest BCUT2D eigenvalue weighted by Gasteiger charge is -2.45. The third-order valence-electron chi connectivity index (χ3n) is 5.98. The average Bonchev–Trinajstić information content (AvgIpc) is 3.23. The van der Waals surface area contributed by atoms with Gasteiger partial charge in [-0.2, -0.15) is 5.10 Å². The van der Waals surface area contributed by atoms with Gasteiger partial charge in [0.25, 0.3) is 0 Å². The van der Waals surface area contributed by atoms with E-state index in [1.54, 1.807) is 16.9 Å². The van der Waals surface area contributed by atoms with Gasteiger partial charge in [-0.1, -0.05) is 12.8 Å². The van der Waals surface area contributed by atoms with Gasteiger partial charge in [-0.15, -0.1) is 0 Å². The third-order valence-corrected chi connectivity index (χ3v) is 5.98. The molecule has 0 unspecified atom stereocenters. The maximum absolute atomic E-state index is 12.8. The minimum absolute atomic E-state index is 0.126. The molecule has 2 aromatic rings. The molecule has 1 saturated heterocycles. The monoisotopic (exact) mass is 341 g/mol. The summed E-state index contributed by atoms with van der Waals surface area (Å²) in [6.07, 6.45) is 8.86. The van der Waals surface area contributed by atoms with Gasteiger partial charge in [-0.3, -0.25) is 14.4 Å². The highest BCUT2D eigenvalue weighted by atomic mass is 16.1. The van der Waals surface area contributed by atoms with Crippen LogP contribution in [0.25, 0.3) is 11.4 Å². The van der Waals surface area contributed by atoms with Crippen LogP contribution >= 0.6 is 0 Å². The van der Waals surface area contributed by atoms with Gasteiger partial charge in [-0.05, 0) is 18.9 Å². The summed E-state index contributed by atoms with van der Waals surface area (Å²) in [6.45, 7) is 3.84. The fourth-order valence-corrected chi connectivity index (χ4v) is 4.55. The summed E-state index contributed by atoms with van der Waals surface area (Å²) < 4.78 is 3.86. The van der Waals surface area contributed by atoms with Crippen LogP contribution in [0.15, 0.2) is 29.3 Å². The lowest BCUT2D eigenvalue weighted by atomic mass is 9.92. The van der Waals surface area contributed by atoms with Crippen LogP contribution in [0.4, 0.5) is 0 Å². The van der Waals surface area contributed by atoms with Crippen LogP contribution in [0.3, 0.4) is 0 Å². The lowest BCUT2D eigenvalue weighted by molar-refractivity contribution is 0.0568. The first-order valence-electron chi connectivity index (χ1n) is 9.23. The Bertz CT molecular complexity index is 815. The summed E-state index contributed by atoms with van der Waals surface area (Å²) in [4.78, 5) is 15.3. The van der Waals surface area contributed by atoms with E-state index in [9.17, 15) is 4.79 Å². The van der Waals surface area contributed by atoms with Crippen LogP contribution < -0.4 is 10.7 Å². The molecule has 25 heavy (non-hydrogen) atoms. The zero-order chi connectivity index (χ0) is 17.4. The van der Waals surface area contributed by atoms with E-state index in [-0.39, 0.29) is 11.0 Å². The molecular formula is C19H27N5O. The number of nitrogens with one attached hydrogen (secondary N) is 1. The topological polar surface area (TPSA) is 55.1 Å². The van der Waals surface area contributed by atoms with Crippen LogP contribution in [-0.2, 0) is 20.6 Å². The minimum Gasteiger partial charge on any atom is -0.349 e. The largest absolute Gasteiger partial charge is 0.349 e. The van der Waals surface area contributed by atoms with Crippen molar-refractivity contribution in [1.82, 2.24) is 24.6 Å². The van der Waals surface area contributed by atoms with E-state index in [0.717, 1.165) is 43.1 Å². The molecule has 1 spiro atoms. The van der Waals surface area contributed by atoms with Crippen molar-refractivity contribution in [3.63, 3.8) is 0 Å². The van der Waals surface area contributed by atoms with Gasteiger partial charge in [0.2, 0.25) is 0 Å². The van der Waals surface area contributed by atoms with Crippen LogP contribution in [0.1, 0.15) is 31.2 Å². The number of hydrogen-bond donors (Lipinski definition) is 1. The number of rotatable bonds is 3. The molecule has 6 nitrogen and oxygen atoms in total. The second-order valence-corrected chi connectivity index (χ2v) is 7.53. The van der Waals surface area contributed by atoms with Crippen LogP contribution in [0.2, 0.25) is 0 Å². The summed E-state index contributed by atoms with van der Waals surface area (Å²) in [6, 6.07) is 3.70. The van der Waals surface area contributed by atoms with Crippen LogP contribution in [0.5, 0.6) is 0 Å². The molecule has 6 heteroatoms. The third kappa shape index (κ3) is 2.93. The average molecular weight is 341 g/mol. The van der Waals surface area contributed by atoms with E-state index >= 15 is 0 Å². The fraction of sp³-hybridized carbons (Fsp3) is 0.579. The predicted molar refractivity (Wildman–Crippen MR) is 98.4 cm³/mol. The molecule has 0 aromatic carbocycles. The van der Waals surface area contributed by atoms with Gasteiger partial charge in [0, 0.05) is 69.8 Å².